The topological polar surface area (TPSA) is 70.1 Å². The van der Waals surface area contributed by atoms with Crippen LogP contribution in [0.4, 0.5) is 0 Å². The first-order valence-corrected chi connectivity index (χ1v) is 10.8. The number of aliphatic hydroxyl groups is 1. The molecule has 0 saturated carbocycles. The van der Waals surface area contributed by atoms with Crippen LogP contribution in [0.2, 0.25) is 0 Å². The van der Waals surface area contributed by atoms with Gasteiger partial charge in [0.2, 0.25) is 5.91 Å². The van der Waals surface area contributed by atoms with Crippen LogP contribution in [0.5, 0.6) is 0 Å². The van der Waals surface area contributed by atoms with Crippen LogP contribution in [0.1, 0.15) is 36.7 Å². The molecule has 0 unspecified atom stereocenters. The highest BCUT2D eigenvalue weighted by Crippen LogP contribution is 2.31. The molecule has 2 aromatic rings. The highest BCUT2D eigenvalue weighted by Gasteiger charge is 2.30. The normalized spacial score (nSPS) is 20.3. The van der Waals surface area contributed by atoms with E-state index in [1.807, 2.05) is 62.4 Å². The van der Waals surface area contributed by atoms with E-state index in [4.69, 9.17) is 4.74 Å². The molecule has 0 aliphatic carbocycles. The lowest BCUT2D eigenvalue weighted by atomic mass is 9.94. The van der Waals surface area contributed by atoms with Crippen LogP contribution in [0, 0.1) is 5.92 Å². The number of benzene rings is 2. The van der Waals surface area contributed by atoms with Crippen LogP contribution in [-0.2, 0) is 16.1 Å². The smallest absolute Gasteiger partial charge is 0.254 e. The number of carbonyl (C=O) groups excluding carboxylic acids is 2. The summed E-state index contributed by atoms with van der Waals surface area (Å²) >= 11 is 0. The Morgan fingerprint density at radius 3 is 2.42 bits per heavy atom. The van der Waals surface area contributed by atoms with E-state index in [0.29, 0.717) is 25.3 Å². The first-order chi connectivity index (χ1) is 14.8. The molecule has 0 radical (unpaired) electrons. The van der Waals surface area contributed by atoms with Crippen molar-refractivity contribution in [1.82, 2.24) is 9.80 Å². The molecule has 0 bridgehead atoms. The molecule has 0 saturated heterocycles. The van der Waals surface area contributed by atoms with Gasteiger partial charge in [-0.25, -0.2) is 0 Å². The van der Waals surface area contributed by atoms with Gasteiger partial charge in [0.15, 0.2) is 0 Å². The Balaban J connectivity index is 2.10. The molecule has 3 atom stereocenters. The van der Waals surface area contributed by atoms with Crippen molar-refractivity contribution in [3.05, 3.63) is 59.7 Å². The molecule has 1 aliphatic heterocycles. The van der Waals surface area contributed by atoms with Crippen molar-refractivity contribution >= 4 is 11.8 Å². The number of fused-ring (bicyclic) bond motifs is 3. The summed E-state index contributed by atoms with van der Waals surface area (Å²) in [7, 11) is 1.76. The number of hydrogen-bond acceptors (Lipinski definition) is 4. The number of carbonyl (C=O) groups is 2. The predicted molar refractivity (Wildman–Crippen MR) is 121 cm³/mol. The fourth-order valence-corrected chi connectivity index (χ4v) is 3.95. The van der Waals surface area contributed by atoms with Crippen LogP contribution in [0.3, 0.4) is 0 Å². The fraction of sp³-hybridized carbons (Fsp3) is 0.440. The van der Waals surface area contributed by atoms with Gasteiger partial charge in [0, 0.05) is 38.5 Å². The second-order valence-corrected chi connectivity index (χ2v) is 8.42. The van der Waals surface area contributed by atoms with Crippen LogP contribution in [0.15, 0.2) is 48.5 Å². The summed E-state index contributed by atoms with van der Waals surface area (Å²) < 4.78 is 6.35. The highest BCUT2D eigenvalue weighted by molar-refractivity contribution is 6.01. The van der Waals surface area contributed by atoms with E-state index in [2.05, 4.69) is 0 Å². The van der Waals surface area contributed by atoms with Gasteiger partial charge in [-0.05, 0) is 29.7 Å². The Morgan fingerprint density at radius 2 is 1.77 bits per heavy atom. The average molecular weight is 425 g/mol. The van der Waals surface area contributed by atoms with Gasteiger partial charge in [0.1, 0.15) is 0 Å². The van der Waals surface area contributed by atoms with Crippen molar-refractivity contribution in [3.8, 4) is 11.1 Å². The first kappa shape index (κ1) is 23.0. The molecule has 0 fully saturated rings. The Kier molecular flexibility index (Phi) is 7.46. The number of ether oxygens (including phenoxy) is 1. The van der Waals surface area contributed by atoms with E-state index >= 15 is 0 Å². The van der Waals surface area contributed by atoms with Crippen molar-refractivity contribution in [2.45, 2.75) is 39.5 Å². The molecule has 1 N–H and O–H groups in total. The molecular weight excluding hydrogens is 392 g/mol. The zero-order chi connectivity index (χ0) is 22.5. The summed E-state index contributed by atoms with van der Waals surface area (Å²) in [4.78, 5) is 28.9. The van der Waals surface area contributed by atoms with Gasteiger partial charge in [-0.15, -0.1) is 0 Å². The molecule has 166 valence electrons. The number of hydrogen-bond donors (Lipinski definition) is 1. The third-order valence-electron chi connectivity index (χ3n) is 6.09. The number of amides is 2. The van der Waals surface area contributed by atoms with E-state index < -0.39 is 0 Å². The quantitative estimate of drug-likeness (QED) is 0.818. The monoisotopic (exact) mass is 424 g/mol. The molecule has 1 heterocycles. The Morgan fingerprint density at radius 1 is 1.16 bits per heavy atom. The third kappa shape index (κ3) is 5.14. The second kappa shape index (κ2) is 10.1. The minimum absolute atomic E-state index is 0.0328. The number of aliphatic hydroxyl groups excluding tert-OH is 1. The Labute approximate surface area is 184 Å². The zero-order valence-electron chi connectivity index (χ0n) is 18.7. The zero-order valence-corrected chi connectivity index (χ0v) is 18.7. The SMILES string of the molecule is CC(=O)N(C)C[C@H]1OCc2ccccc2-c2ccccc2C(=O)N([C@H](C)CO)C[C@@H]1C. The first-order valence-electron chi connectivity index (χ1n) is 10.8. The lowest BCUT2D eigenvalue weighted by molar-refractivity contribution is -0.130. The van der Waals surface area contributed by atoms with Crippen LogP contribution >= 0.6 is 0 Å². The van der Waals surface area contributed by atoms with Gasteiger partial charge in [0.25, 0.3) is 5.91 Å². The lowest BCUT2D eigenvalue weighted by Crippen LogP contribution is -2.47. The van der Waals surface area contributed by atoms with E-state index in [1.165, 1.54) is 6.92 Å². The summed E-state index contributed by atoms with van der Waals surface area (Å²) in [5.41, 5.74) is 3.42. The van der Waals surface area contributed by atoms with Crippen molar-refractivity contribution in [2.24, 2.45) is 5.92 Å². The van der Waals surface area contributed by atoms with Gasteiger partial charge in [-0.3, -0.25) is 9.59 Å². The van der Waals surface area contributed by atoms with Crippen molar-refractivity contribution in [1.29, 1.82) is 0 Å². The molecule has 0 spiro atoms. The largest absolute Gasteiger partial charge is 0.394 e. The van der Waals surface area contributed by atoms with E-state index in [9.17, 15) is 14.7 Å². The van der Waals surface area contributed by atoms with Gasteiger partial charge in [0.05, 0.1) is 25.4 Å². The van der Waals surface area contributed by atoms with E-state index in [-0.39, 0.29) is 36.5 Å². The van der Waals surface area contributed by atoms with Crippen LogP contribution < -0.4 is 0 Å². The number of likely N-dealkylation sites (N-methyl/N-ethyl adjacent to an activating group) is 1. The summed E-state index contributed by atoms with van der Waals surface area (Å²) in [6, 6.07) is 15.2. The van der Waals surface area contributed by atoms with Gasteiger partial charge in [-0.1, -0.05) is 49.4 Å². The van der Waals surface area contributed by atoms with Crippen LogP contribution in [0.25, 0.3) is 11.1 Å². The maximum atomic E-state index is 13.7. The summed E-state index contributed by atoms with van der Waals surface area (Å²) in [6.45, 7) is 6.51. The summed E-state index contributed by atoms with van der Waals surface area (Å²) in [5, 5.41) is 9.85. The molecular formula is C25H32N2O4. The standard InChI is InChI=1S/C25H32N2O4/c1-17-13-27(18(2)15-28)25(30)23-12-8-7-11-22(23)21-10-6-5-9-20(21)16-31-24(17)14-26(4)19(3)29/h5-12,17-18,24,28H,13-16H2,1-4H3/t17-,18+,24+/m0/s1. The van der Waals surface area contributed by atoms with Crippen molar-refractivity contribution in [3.63, 3.8) is 0 Å². The van der Waals surface area contributed by atoms with Crippen LogP contribution in [-0.4, -0.2) is 65.6 Å². The summed E-state index contributed by atoms with van der Waals surface area (Å²) in [6.07, 6.45) is -0.260. The Hall–Kier alpha value is -2.70. The molecule has 31 heavy (non-hydrogen) atoms. The molecule has 0 aromatic heterocycles. The third-order valence-corrected chi connectivity index (χ3v) is 6.09. The fourth-order valence-electron chi connectivity index (χ4n) is 3.95. The van der Waals surface area contributed by atoms with Gasteiger partial charge < -0.3 is 19.6 Å². The van der Waals surface area contributed by atoms with E-state index in [1.54, 1.807) is 16.8 Å². The molecule has 3 rings (SSSR count). The molecule has 6 heteroatoms. The molecule has 6 nitrogen and oxygen atoms in total. The average Bonchev–Trinajstić information content (AvgIpc) is 2.79. The minimum atomic E-state index is -0.342. The molecule has 1 aliphatic rings. The predicted octanol–water partition coefficient (Wildman–Crippen LogP) is 3.19. The minimum Gasteiger partial charge on any atom is -0.394 e. The van der Waals surface area contributed by atoms with Gasteiger partial charge in [-0.2, -0.15) is 0 Å². The number of nitrogens with zero attached hydrogens (tertiary/aromatic N) is 2. The highest BCUT2D eigenvalue weighted by atomic mass is 16.5. The van der Waals surface area contributed by atoms with Crippen molar-refractivity contribution in [2.75, 3.05) is 26.7 Å². The van der Waals surface area contributed by atoms with E-state index in [0.717, 1.165) is 16.7 Å². The molecule has 2 aromatic carbocycles. The maximum Gasteiger partial charge on any atom is 0.254 e. The van der Waals surface area contributed by atoms with Gasteiger partial charge >= 0.3 is 0 Å². The molecule has 2 amide bonds. The van der Waals surface area contributed by atoms with Crippen molar-refractivity contribution < 1.29 is 19.4 Å². The maximum absolute atomic E-state index is 13.7. The summed E-state index contributed by atoms with van der Waals surface area (Å²) in [5.74, 6) is -0.189. The second-order valence-electron chi connectivity index (χ2n) is 8.42. The number of rotatable bonds is 4. The lowest BCUT2D eigenvalue weighted by Gasteiger charge is -2.35. The Bertz CT molecular complexity index is 929.